The van der Waals surface area contributed by atoms with Gasteiger partial charge < -0.3 is 4.74 Å². The SMILES string of the molecule is CC(C)C[C@H](C)COc1ccc(-c2ccnc3ccccc23)c2ccccc12. The third kappa shape index (κ3) is 3.73. The first-order valence-corrected chi connectivity index (χ1v) is 10.1. The number of aromatic nitrogens is 1. The van der Waals surface area contributed by atoms with E-state index >= 15 is 0 Å². The zero-order valence-electron chi connectivity index (χ0n) is 16.9. The zero-order valence-corrected chi connectivity index (χ0v) is 16.9. The van der Waals surface area contributed by atoms with Gasteiger partial charge in [-0.1, -0.05) is 69.3 Å². The van der Waals surface area contributed by atoms with Crippen LogP contribution in [0.5, 0.6) is 5.75 Å². The Hall–Kier alpha value is -2.87. The molecule has 2 heteroatoms. The van der Waals surface area contributed by atoms with Crippen molar-refractivity contribution in [2.75, 3.05) is 6.61 Å². The highest BCUT2D eigenvalue weighted by atomic mass is 16.5. The van der Waals surface area contributed by atoms with Crippen LogP contribution in [-0.2, 0) is 0 Å². The van der Waals surface area contributed by atoms with Crippen molar-refractivity contribution in [1.82, 2.24) is 4.98 Å². The Morgan fingerprint density at radius 1 is 0.750 bits per heavy atom. The fraction of sp³-hybridized carbons (Fsp3) is 0.269. The highest BCUT2D eigenvalue weighted by Gasteiger charge is 2.12. The fourth-order valence-corrected chi connectivity index (χ4v) is 4.07. The van der Waals surface area contributed by atoms with Gasteiger partial charge in [0.2, 0.25) is 0 Å². The lowest BCUT2D eigenvalue weighted by Crippen LogP contribution is -2.11. The Labute approximate surface area is 167 Å². The average Bonchev–Trinajstić information content (AvgIpc) is 2.71. The van der Waals surface area contributed by atoms with Crippen LogP contribution in [0, 0.1) is 11.8 Å². The van der Waals surface area contributed by atoms with Crippen LogP contribution in [-0.4, -0.2) is 11.6 Å². The number of fused-ring (bicyclic) bond motifs is 2. The second kappa shape index (κ2) is 8.02. The number of para-hydroxylation sites is 1. The number of pyridine rings is 1. The topological polar surface area (TPSA) is 22.1 Å². The molecule has 2 nitrogen and oxygen atoms in total. The van der Waals surface area contributed by atoms with Gasteiger partial charge in [0, 0.05) is 17.0 Å². The average molecular weight is 370 g/mol. The lowest BCUT2D eigenvalue weighted by Gasteiger charge is -2.17. The van der Waals surface area contributed by atoms with Crippen LogP contribution in [0.4, 0.5) is 0 Å². The quantitative estimate of drug-likeness (QED) is 0.361. The summed E-state index contributed by atoms with van der Waals surface area (Å²) >= 11 is 0. The Bertz CT molecular complexity index is 1090. The van der Waals surface area contributed by atoms with E-state index in [1.165, 1.54) is 28.3 Å². The monoisotopic (exact) mass is 369 g/mol. The van der Waals surface area contributed by atoms with Gasteiger partial charge in [0.1, 0.15) is 5.75 Å². The van der Waals surface area contributed by atoms with Crippen molar-refractivity contribution in [1.29, 1.82) is 0 Å². The molecule has 3 aromatic carbocycles. The molecule has 0 radical (unpaired) electrons. The van der Waals surface area contributed by atoms with Crippen molar-refractivity contribution >= 4 is 21.7 Å². The standard InChI is InChI=1S/C26H27NO/c1-18(2)16-19(3)17-28-26-13-12-21(20-8-4-5-10-24(20)26)22-14-15-27-25-11-7-6-9-23(22)25/h4-15,18-19H,16-17H2,1-3H3/t19-/m0/s1. The maximum atomic E-state index is 6.25. The van der Waals surface area contributed by atoms with E-state index in [0.29, 0.717) is 11.8 Å². The maximum Gasteiger partial charge on any atom is 0.127 e. The predicted molar refractivity (Wildman–Crippen MR) is 119 cm³/mol. The van der Waals surface area contributed by atoms with Crippen LogP contribution in [0.15, 0.2) is 72.9 Å². The number of nitrogens with zero attached hydrogens (tertiary/aromatic N) is 1. The smallest absolute Gasteiger partial charge is 0.127 e. The molecule has 0 fully saturated rings. The summed E-state index contributed by atoms with van der Waals surface area (Å²) in [5.41, 5.74) is 3.45. The van der Waals surface area contributed by atoms with E-state index in [1.807, 2.05) is 12.3 Å². The summed E-state index contributed by atoms with van der Waals surface area (Å²) in [6.07, 6.45) is 3.07. The molecule has 0 aliphatic heterocycles. The maximum absolute atomic E-state index is 6.25. The van der Waals surface area contributed by atoms with E-state index in [0.717, 1.165) is 23.3 Å². The van der Waals surface area contributed by atoms with Crippen molar-refractivity contribution in [3.05, 3.63) is 72.9 Å². The highest BCUT2D eigenvalue weighted by Crippen LogP contribution is 2.37. The molecule has 0 N–H and O–H groups in total. The molecule has 0 bridgehead atoms. The molecular formula is C26H27NO. The second-order valence-corrected chi connectivity index (χ2v) is 8.08. The molecule has 4 rings (SSSR count). The molecule has 0 unspecified atom stereocenters. The van der Waals surface area contributed by atoms with Crippen LogP contribution in [0.3, 0.4) is 0 Å². The molecule has 0 aliphatic carbocycles. The van der Waals surface area contributed by atoms with Gasteiger partial charge in [0.25, 0.3) is 0 Å². The van der Waals surface area contributed by atoms with E-state index in [4.69, 9.17) is 4.74 Å². The van der Waals surface area contributed by atoms with Crippen LogP contribution in [0.25, 0.3) is 32.8 Å². The van der Waals surface area contributed by atoms with Gasteiger partial charge in [-0.25, -0.2) is 0 Å². The van der Waals surface area contributed by atoms with E-state index in [1.54, 1.807) is 0 Å². The number of benzene rings is 3. The molecule has 1 heterocycles. The van der Waals surface area contributed by atoms with Crippen LogP contribution < -0.4 is 4.74 Å². The molecule has 28 heavy (non-hydrogen) atoms. The van der Waals surface area contributed by atoms with E-state index in [2.05, 4.69) is 86.4 Å². The molecular weight excluding hydrogens is 342 g/mol. The Balaban J connectivity index is 1.76. The number of hydrogen-bond donors (Lipinski definition) is 0. The summed E-state index contributed by atoms with van der Waals surface area (Å²) in [6, 6.07) is 23.3. The minimum atomic E-state index is 0.544. The predicted octanol–water partition coefficient (Wildman–Crippen LogP) is 7.12. The normalized spacial score (nSPS) is 12.6. The number of ether oxygens (including phenoxy) is 1. The Kier molecular flexibility index (Phi) is 5.29. The molecule has 0 saturated heterocycles. The molecule has 0 aliphatic rings. The minimum absolute atomic E-state index is 0.544. The van der Waals surface area contributed by atoms with Gasteiger partial charge in [-0.15, -0.1) is 0 Å². The Morgan fingerprint density at radius 3 is 2.21 bits per heavy atom. The third-order valence-corrected chi connectivity index (χ3v) is 5.22. The second-order valence-electron chi connectivity index (χ2n) is 8.08. The minimum Gasteiger partial charge on any atom is -0.493 e. The molecule has 1 aromatic heterocycles. The first-order valence-electron chi connectivity index (χ1n) is 10.1. The van der Waals surface area contributed by atoms with Crippen molar-refractivity contribution < 1.29 is 4.74 Å². The van der Waals surface area contributed by atoms with E-state index < -0.39 is 0 Å². The highest BCUT2D eigenvalue weighted by molar-refractivity contribution is 6.06. The van der Waals surface area contributed by atoms with Crippen LogP contribution in [0.1, 0.15) is 27.2 Å². The van der Waals surface area contributed by atoms with Crippen molar-refractivity contribution in [3.8, 4) is 16.9 Å². The van der Waals surface area contributed by atoms with E-state index in [-0.39, 0.29) is 0 Å². The van der Waals surface area contributed by atoms with Crippen molar-refractivity contribution in [3.63, 3.8) is 0 Å². The van der Waals surface area contributed by atoms with Gasteiger partial charge in [-0.3, -0.25) is 4.98 Å². The molecule has 142 valence electrons. The summed E-state index contributed by atoms with van der Waals surface area (Å²) in [4.78, 5) is 4.51. The van der Waals surface area contributed by atoms with Gasteiger partial charge in [0.05, 0.1) is 12.1 Å². The zero-order chi connectivity index (χ0) is 19.5. The fourth-order valence-electron chi connectivity index (χ4n) is 4.07. The number of hydrogen-bond acceptors (Lipinski definition) is 2. The molecule has 0 amide bonds. The van der Waals surface area contributed by atoms with Gasteiger partial charge >= 0.3 is 0 Å². The van der Waals surface area contributed by atoms with Gasteiger partial charge in [0.15, 0.2) is 0 Å². The molecule has 0 spiro atoms. The summed E-state index contributed by atoms with van der Waals surface area (Å²) < 4.78 is 6.25. The Morgan fingerprint density at radius 2 is 1.43 bits per heavy atom. The van der Waals surface area contributed by atoms with Crippen molar-refractivity contribution in [2.24, 2.45) is 11.8 Å². The molecule has 4 aromatic rings. The molecule has 1 atom stereocenters. The first-order chi connectivity index (χ1) is 13.6. The van der Waals surface area contributed by atoms with Crippen molar-refractivity contribution in [2.45, 2.75) is 27.2 Å². The number of rotatable bonds is 6. The van der Waals surface area contributed by atoms with Crippen LogP contribution >= 0.6 is 0 Å². The van der Waals surface area contributed by atoms with Gasteiger partial charge in [-0.2, -0.15) is 0 Å². The third-order valence-electron chi connectivity index (χ3n) is 5.22. The summed E-state index contributed by atoms with van der Waals surface area (Å²) in [6.45, 7) is 7.54. The lowest BCUT2D eigenvalue weighted by atomic mass is 9.95. The summed E-state index contributed by atoms with van der Waals surface area (Å²) in [7, 11) is 0. The van der Waals surface area contributed by atoms with Crippen LogP contribution in [0.2, 0.25) is 0 Å². The first kappa shape index (κ1) is 18.5. The van der Waals surface area contributed by atoms with Gasteiger partial charge in [-0.05, 0) is 53.0 Å². The van der Waals surface area contributed by atoms with E-state index in [9.17, 15) is 0 Å². The molecule has 0 saturated carbocycles. The lowest BCUT2D eigenvalue weighted by molar-refractivity contribution is 0.241. The largest absolute Gasteiger partial charge is 0.493 e. The summed E-state index contributed by atoms with van der Waals surface area (Å²) in [5, 5.41) is 3.56. The summed E-state index contributed by atoms with van der Waals surface area (Å²) in [5.74, 6) is 2.20.